The number of carbonyl (C=O) groups excluding carboxylic acids is 1. The molecule has 5 nitrogen and oxygen atoms in total. The van der Waals surface area contributed by atoms with Gasteiger partial charge in [-0.25, -0.2) is 13.2 Å². The normalized spacial score (nSPS) is 15.8. The summed E-state index contributed by atoms with van der Waals surface area (Å²) >= 11 is 0. The lowest BCUT2D eigenvalue weighted by molar-refractivity contribution is -0.115. The van der Waals surface area contributed by atoms with Crippen LogP contribution in [-0.4, -0.2) is 56.7 Å². The van der Waals surface area contributed by atoms with Crippen molar-refractivity contribution in [1.29, 1.82) is 0 Å². The Kier molecular flexibility index (Phi) is 6.17. The monoisotopic (exact) mass is 317 g/mol. The van der Waals surface area contributed by atoms with Gasteiger partial charge in [0, 0.05) is 26.2 Å². The van der Waals surface area contributed by atoms with Gasteiger partial charge >= 0.3 is 0 Å². The topological polar surface area (TPSA) is 53.6 Å². The molecule has 0 aromatic heterocycles. The highest BCUT2D eigenvalue weighted by atomic mass is 19.2. The molecule has 8 heteroatoms. The highest BCUT2D eigenvalue weighted by molar-refractivity contribution is 5.92. The first kappa shape index (κ1) is 16.7. The van der Waals surface area contributed by atoms with Crippen LogP contribution in [0, 0.1) is 17.5 Å². The second kappa shape index (κ2) is 8.11. The number of amides is 1. The van der Waals surface area contributed by atoms with E-state index in [9.17, 15) is 18.0 Å². The van der Waals surface area contributed by atoms with Gasteiger partial charge in [-0.3, -0.25) is 9.69 Å². The van der Waals surface area contributed by atoms with E-state index in [4.69, 9.17) is 4.74 Å². The fourth-order valence-corrected chi connectivity index (χ4v) is 2.08. The van der Waals surface area contributed by atoms with Crippen molar-refractivity contribution >= 4 is 11.6 Å². The zero-order chi connectivity index (χ0) is 15.9. The minimum atomic E-state index is -1.60. The smallest absolute Gasteiger partial charge is 0.238 e. The number of nitrogens with one attached hydrogen (secondary N) is 2. The second-order valence-corrected chi connectivity index (χ2v) is 4.90. The van der Waals surface area contributed by atoms with Crippen LogP contribution in [0.4, 0.5) is 18.9 Å². The molecule has 2 N–H and O–H groups in total. The van der Waals surface area contributed by atoms with Crippen LogP contribution in [0.15, 0.2) is 12.1 Å². The Bertz CT molecular complexity index is 522. The average molecular weight is 317 g/mol. The minimum absolute atomic E-state index is 0.0389. The molecule has 1 aromatic rings. The van der Waals surface area contributed by atoms with Crippen molar-refractivity contribution in [2.24, 2.45) is 0 Å². The van der Waals surface area contributed by atoms with E-state index in [1.807, 2.05) is 0 Å². The summed E-state index contributed by atoms with van der Waals surface area (Å²) in [5.41, 5.74) is -0.376. The maximum absolute atomic E-state index is 13.4. The van der Waals surface area contributed by atoms with E-state index in [1.54, 1.807) is 0 Å². The molecule has 1 aromatic carbocycles. The number of rotatable bonds is 6. The Hall–Kier alpha value is -1.64. The van der Waals surface area contributed by atoms with Crippen LogP contribution in [0.1, 0.15) is 0 Å². The van der Waals surface area contributed by atoms with Gasteiger partial charge in [-0.2, -0.15) is 0 Å². The van der Waals surface area contributed by atoms with Gasteiger partial charge < -0.3 is 15.4 Å². The summed E-state index contributed by atoms with van der Waals surface area (Å²) in [7, 11) is 0. The van der Waals surface area contributed by atoms with E-state index >= 15 is 0 Å². The van der Waals surface area contributed by atoms with Gasteiger partial charge in [-0.15, -0.1) is 0 Å². The molecule has 1 heterocycles. The molecule has 0 saturated carbocycles. The van der Waals surface area contributed by atoms with Gasteiger partial charge in [0.1, 0.15) is 0 Å². The molecule has 0 unspecified atom stereocenters. The molecule has 0 atom stereocenters. The molecule has 0 bridgehead atoms. The molecule has 1 aliphatic rings. The number of anilines is 1. The van der Waals surface area contributed by atoms with Gasteiger partial charge in [0.15, 0.2) is 17.5 Å². The molecule has 2 rings (SSSR count). The predicted octanol–water partition coefficient (Wildman–Crippen LogP) is 0.964. The molecule has 0 spiro atoms. The highest BCUT2D eigenvalue weighted by Gasteiger charge is 2.15. The zero-order valence-electron chi connectivity index (χ0n) is 12.0. The molecular formula is C14H18F3N3O2. The van der Waals surface area contributed by atoms with Crippen LogP contribution < -0.4 is 10.6 Å². The van der Waals surface area contributed by atoms with Crippen LogP contribution >= 0.6 is 0 Å². The van der Waals surface area contributed by atoms with E-state index in [0.717, 1.165) is 31.8 Å². The van der Waals surface area contributed by atoms with Crippen molar-refractivity contribution < 1.29 is 22.7 Å². The summed E-state index contributed by atoms with van der Waals surface area (Å²) in [6, 6.07) is 1.75. The molecular weight excluding hydrogens is 299 g/mol. The standard InChI is InChI=1S/C14H18F3N3O2/c15-10-1-2-11(14(17)13(10)16)19-12(21)9-18-3-4-20-5-7-22-8-6-20/h1-2,18H,3-9H2,(H,19,21). The minimum Gasteiger partial charge on any atom is -0.379 e. The SMILES string of the molecule is O=C(CNCCN1CCOCC1)Nc1ccc(F)c(F)c1F. The quantitative estimate of drug-likeness (QED) is 0.606. The van der Waals surface area contributed by atoms with Gasteiger partial charge in [0.05, 0.1) is 25.4 Å². The lowest BCUT2D eigenvalue weighted by atomic mass is 10.2. The zero-order valence-corrected chi connectivity index (χ0v) is 12.0. The molecule has 1 fully saturated rings. The fourth-order valence-electron chi connectivity index (χ4n) is 2.08. The number of nitrogens with zero attached hydrogens (tertiary/aromatic N) is 1. The van der Waals surface area contributed by atoms with Gasteiger partial charge in [-0.1, -0.05) is 0 Å². The molecule has 122 valence electrons. The number of hydrogen-bond acceptors (Lipinski definition) is 4. The first-order valence-electron chi connectivity index (χ1n) is 7.02. The van der Waals surface area contributed by atoms with Crippen LogP contribution in [0.2, 0.25) is 0 Å². The number of morpholine rings is 1. The van der Waals surface area contributed by atoms with Crippen LogP contribution in [0.3, 0.4) is 0 Å². The van der Waals surface area contributed by atoms with Gasteiger partial charge in [0.2, 0.25) is 5.91 Å². The maximum atomic E-state index is 13.4. The Balaban J connectivity index is 1.70. The third-order valence-corrected chi connectivity index (χ3v) is 3.30. The highest BCUT2D eigenvalue weighted by Crippen LogP contribution is 2.19. The largest absolute Gasteiger partial charge is 0.379 e. The summed E-state index contributed by atoms with van der Waals surface area (Å²) < 4.78 is 44.4. The fraction of sp³-hybridized carbons (Fsp3) is 0.500. The summed E-state index contributed by atoms with van der Waals surface area (Å²) in [5.74, 6) is -4.81. The molecule has 1 aliphatic heterocycles. The summed E-state index contributed by atoms with van der Waals surface area (Å²) in [6.07, 6.45) is 0. The van der Waals surface area contributed by atoms with Crippen LogP contribution in [0.25, 0.3) is 0 Å². The van der Waals surface area contributed by atoms with Crippen molar-refractivity contribution in [3.63, 3.8) is 0 Å². The van der Waals surface area contributed by atoms with Crippen molar-refractivity contribution in [3.05, 3.63) is 29.6 Å². The van der Waals surface area contributed by atoms with Gasteiger partial charge in [-0.05, 0) is 12.1 Å². The number of halogens is 3. The average Bonchev–Trinajstić information content (AvgIpc) is 2.53. The summed E-state index contributed by atoms with van der Waals surface area (Å²) in [5, 5.41) is 5.11. The molecule has 22 heavy (non-hydrogen) atoms. The number of benzene rings is 1. The Labute approximate surface area is 126 Å². The first-order valence-corrected chi connectivity index (χ1v) is 7.02. The summed E-state index contributed by atoms with van der Waals surface area (Å²) in [4.78, 5) is 13.8. The van der Waals surface area contributed by atoms with E-state index in [1.165, 1.54) is 0 Å². The predicted molar refractivity (Wildman–Crippen MR) is 75.1 cm³/mol. The maximum Gasteiger partial charge on any atom is 0.238 e. The third kappa shape index (κ3) is 4.69. The lowest BCUT2D eigenvalue weighted by Gasteiger charge is -2.26. The number of ether oxygens (including phenoxy) is 1. The molecule has 0 aliphatic carbocycles. The number of carbonyl (C=O) groups is 1. The van der Waals surface area contributed by atoms with Gasteiger partial charge in [0.25, 0.3) is 0 Å². The van der Waals surface area contributed by atoms with E-state index in [2.05, 4.69) is 15.5 Å². The van der Waals surface area contributed by atoms with Crippen molar-refractivity contribution in [1.82, 2.24) is 10.2 Å². The second-order valence-electron chi connectivity index (χ2n) is 4.90. The van der Waals surface area contributed by atoms with Crippen LogP contribution in [0.5, 0.6) is 0 Å². The lowest BCUT2D eigenvalue weighted by Crippen LogP contribution is -2.41. The van der Waals surface area contributed by atoms with Crippen molar-refractivity contribution in [2.45, 2.75) is 0 Å². The van der Waals surface area contributed by atoms with Crippen molar-refractivity contribution in [2.75, 3.05) is 51.3 Å². The third-order valence-electron chi connectivity index (χ3n) is 3.30. The molecule has 1 saturated heterocycles. The Morgan fingerprint density at radius 2 is 1.91 bits per heavy atom. The Morgan fingerprint density at radius 1 is 1.18 bits per heavy atom. The van der Waals surface area contributed by atoms with E-state index in [0.29, 0.717) is 19.8 Å². The number of hydrogen-bond donors (Lipinski definition) is 2. The molecule has 1 amide bonds. The molecule has 0 radical (unpaired) electrons. The van der Waals surface area contributed by atoms with E-state index < -0.39 is 23.4 Å². The van der Waals surface area contributed by atoms with Crippen molar-refractivity contribution in [3.8, 4) is 0 Å². The van der Waals surface area contributed by atoms with E-state index in [-0.39, 0.29) is 12.2 Å². The summed E-state index contributed by atoms with van der Waals surface area (Å²) in [6.45, 7) is 4.44. The first-order chi connectivity index (χ1) is 10.6. The van der Waals surface area contributed by atoms with Crippen LogP contribution in [-0.2, 0) is 9.53 Å². The Morgan fingerprint density at radius 3 is 2.64 bits per heavy atom.